The van der Waals surface area contributed by atoms with Crippen molar-refractivity contribution in [1.29, 1.82) is 0 Å². The molecule has 2 aliphatic heterocycles. The summed E-state index contributed by atoms with van der Waals surface area (Å²) in [7, 11) is 0. The van der Waals surface area contributed by atoms with E-state index in [1.54, 1.807) is 0 Å². The molecule has 3 heterocycles. The minimum absolute atomic E-state index is 0.130. The summed E-state index contributed by atoms with van der Waals surface area (Å²) in [6.45, 7) is 2.18. The number of aliphatic imine (C=N–C) groups is 1. The van der Waals surface area contributed by atoms with E-state index < -0.39 is 6.17 Å². The van der Waals surface area contributed by atoms with Gasteiger partial charge in [0.05, 0.1) is 11.4 Å². The summed E-state index contributed by atoms with van der Waals surface area (Å²) in [6, 6.07) is 25.6. The average Bonchev–Trinajstić information content (AvgIpc) is 3.58. The van der Waals surface area contributed by atoms with Crippen LogP contribution in [0, 0.1) is 0 Å². The largest absolute Gasteiger partial charge is 0.403 e. The fraction of sp³-hybridized carbons (Fsp3) is 0.185. The maximum atomic E-state index is 13.0. The molecule has 0 radical (unpaired) electrons. The number of nitrogens with one attached hydrogen (secondary N) is 2. The fourth-order valence-corrected chi connectivity index (χ4v) is 4.49. The number of benzene rings is 3. The lowest BCUT2D eigenvalue weighted by Crippen LogP contribution is -2.32. The summed E-state index contributed by atoms with van der Waals surface area (Å²) in [4.78, 5) is 20.2. The van der Waals surface area contributed by atoms with Crippen molar-refractivity contribution in [3.05, 3.63) is 90.0 Å². The molecule has 1 atom stereocenters. The molecule has 3 aromatic carbocycles. The highest BCUT2D eigenvalue weighted by molar-refractivity contribution is 6.19. The van der Waals surface area contributed by atoms with Crippen LogP contribution in [0.25, 0.3) is 11.5 Å². The van der Waals surface area contributed by atoms with Crippen LogP contribution in [0.3, 0.4) is 0 Å². The van der Waals surface area contributed by atoms with Crippen LogP contribution in [-0.4, -0.2) is 41.1 Å². The van der Waals surface area contributed by atoms with Gasteiger partial charge in [0, 0.05) is 35.5 Å². The van der Waals surface area contributed by atoms with Gasteiger partial charge in [-0.2, -0.15) is 0 Å². The third-order valence-electron chi connectivity index (χ3n) is 6.26. The molecular formula is C27H24N6O2. The molecule has 6 rings (SSSR count). The summed E-state index contributed by atoms with van der Waals surface area (Å²) >= 11 is 0. The van der Waals surface area contributed by atoms with E-state index in [1.165, 1.54) is 18.5 Å². The minimum Gasteiger partial charge on any atom is -0.403 e. The number of hydrogen-bond donors (Lipinski definition) is 2. The van der Waals surface area contributed by atoms with Crippen molar-refractivity contribution in [2.75, 3.05) is 28.6 Å². The van der Waals surface area contributed by atoms with E-state index in [-0.39, 0.29) is 11.9 Å². The first kappa shape index (κ1) is 21.1. The Morgan fingerprint density at radius 1 is 0.857 bits per heavy atom. The molecule has 35 heavy (non-hydrogen) atoms. The van der Waals surface area contributed by atoms with Gasteiger partial charge in [0.1, 0.15) is 0 Å². The van der Waals surface area contributed by atoms with Crippen LogP contribution in [0.1, 0.15) is 24.0 Å². The highest BCUT2D eigenvalue weighted by atomic mass is 16.4. The number of nitrogens with zero attached hydrogens (tertiary/aromatic N) is 4. The molecule has 0 spiro atoms. The third kappa shape index (κ3) is 4.26. The van der Waals surface area contributed by atoms with Gasteiger partial charge in [-0.15, -0.1) is 5.10 Å². The predicted molar refractivity (Wildman–Crippen MR) is 136 cm³/mol. The number of aromatic nitrogens is 2. The smallest absolute Gasteiger partial charge is 0.317 e. The second-order valence-electron chi connectivity index (χ2n) is 8.58. The SMILES string of the molecule is O=C1Nc2ccccc2C(c2ccccc2)=N[C@@H]1Nc1nnc(-c2ccc(N3CCCC3)cc2)o1. The highest BCUT2D eigenvalue weighted by Crippen LogP contribution is 2.27. The van der Waals surface area contributed by atoms with Gasteiger partial charge in [0.2, 0.25) is 12.1 Å². The van der Waals surface area contributed by atoms with E-state index >= 15 is 0 Å². The number of rotatable bonds is 5. The maximum Gasteiger partial charge on any atom is 0.317 e. The topological polar surface area (TPSA) is 95.6 Å². The van der Waals surface area contributed by atoms with Crippen LogP contribution in [0.4, 0.5) is 17.4 Å². The molecule has 0 aliphatic carbocycles. The molecule has 2 N–H and O–H groups in total. The van der Waals surface area contributed by atoms with Gasteiger partial charge in [-0.25, -0.2) is 4.99 Å². The molecule has 1 amide bonds. The van der Waals surface area contributed by atoms with Gasteiger partial charge in [0.15, 0.2) is 0 Å². The molecule has 0 saturated carbocycles. The van der Waals surface area contributed by atoms with E-state index in [1.807, 2.05) is 66.7 Å². The zero-order valence-electron chi connectivity index (χ0n) is 19.0. The molecule has 1 fully saturated rings. The minimum atomic E-state index is -0.941. The van der Waals surface area contributed by atoms with Crippen molar-refractivity contribution < 1.29 is 9.21 Å². The Kier molecular flexibility index (Phi) is 5.46. The number of para-hydroxylation sites is 1. The van der Waals surface area contributed by atoms with Gasteiger partial charge in [0.25, 0.3) is 5.91 Å². The van der Waals surface area contributed by atoms with E-state index in [9.17, 15) is 4.79 Å². The highest BCUT2D eigenvalue weighted by Gasteiger charge is 2.27. The Bertz CT molecular complexity index is 1370. The molecule has 8 heteroatoms. The van der Waals surface area contributed by atoms with Crippen LogP contribution in [0.5, 0.6) is 0 Å². The maximum absolute atomic E-state index is 13.0. The molecule has 2 aliphatic rings. The number of hydrogen-bond acceptors (Lipinski definition) is 7. The van der Waals surface area contributed by atoms with Gasteiger partial charge >= 0.3 is 6.01 Å². The Labute approximate surface area is 202 Å². The number of anilines is 3. The monoisotopic (exact) mass is 464 g/mol. The fourth-order valence-electron chi connectivity index (χ4n) is 4.49. The van der Waals surface area contributed by atoms with Crippen molar-refractivity contribution in [3.63, 3.8) is 0 Å². The van der Waals surface area contributed by atoms with E-state index in [0.29, 0.717) is 17.3 Å². The zero-order chi connectivity index (χ0) is 23.6. The van der Waals surface area contributed by atoms with Crippen molar-refractivity contribution in [3.8, 4) is 11.5 Å². The molecule has 174 valence electrons. The summed E-state index contributed by atoms with van der Waals surface area (Å²) in [5.74, 6) is 0.0724. The first-order chi connectivity index (χ1) is 17.2. The summed E-state index contributed by atoms with van der Waals surface area (Å²) in [5.41, 5.74) is 5.18. The molecule has 1 aromatic heterocycles. The van der Waals surface area contributed by atoms with Crippen molar-refractivity contribution in [2.45, 2.75) is 19.0 Å². The second kappa shape index (κ2) is 9.06. The van der Waals surface area contributed by atoms with Crippen LogP contribution in [0.2, 0.25) is 0 Å². The molecule has 0 bridgehead atoms. The standard InChI is InChI=1S/C27H24N6O2/c34-25-24(29-23(18-8-2-1-3-9-18)21-10-4-5-11-22(21)28-25)30-27-32-31-26(35-27)19-12-14-20(15-13-19)33-16-6-7-17-33/h1-5,8-15,24H,6-7,16-17H2,(H,28,34)(H,30,32)/t24-/m1/s1. The lowest BCUT2D eigenvalue weighted by Gasteiger charge is -2.17. The number of benzodiazepines with no additional fused rings is 1. The van der Waals surface area contributed by atoms with Crippen LogP contribution >= 0.6 is 0 Å². The van der Waals surface area contributed by atoms with Gasteiger partial charge < -0.3 is 20.0 Å². The summed E-state index contributed by atoms with van der Waals surface area (Å²) < 4.78 is 5.85. The second-order valence-corrected chi connectivity index (χ2v) is 8.58. The number of amides is 1. The van der Waals surface area contributed by atoms with Gasteiger partial charge in [-0.1, -0.05) is 53.6 Å². The molecule has 8 nitrogen and oxygen atoms in total. The molecule has 0 unspecified atom stereocenters. The van der Waals surface area contributed by atoms with Gasteiger partial charge in [-0.05, 0) is 43.2 Å². The first-order valence-electron chi connectivity index (χ1n) is 11.7. The van der Waals surface area contributed by atoms with Gasteiger partial charge in [-0.3, -0.25) is 4.79 Å². The third-order valence-corrected chi connectivity index (χ3v) is 6.26. The zero-order valence-corrected chi connectivity index (χ0v) is 19.0. The quantitative estimate of drug-likeness (QED) is 0.449. The average molecular weight is 465 g/mol. The van der Waals surface area contributed by atoms with E-state index in [4.69, 9.17) is 9.41 Å². The van der Waals surface area contributed by atoms with Crippen molar-refractivity contribution in [2.24, 2.45) is 4.99 Å². The van der Waals surface area contributed by atoms with Crippen LogP contribution in [-0.2, 0) is 4.79 Å². The number of carbonyl (C=O) groups excluding carboxylic acids is 1. The Hall–Kier alpha value is -4.46. The molecular weight excluding hydrogens is 440 g/mol. The Morgan fingerprint density at radius 2 is 1.60 bits per heavy atom. The van der Waals surface area contributed by atoms with E-state index in [0.717, 1.165) is 29.8 Å². The Balaban J connectivity index is 1.27. The summed E-state index contributed by atoms with van der Waals surface area (Å²) in [6.07, 6.45) is 1.52. The molecule has 1 saturated heterocycles. The van der Waals surface area contributed by atoms with E-state index in [2.05, 4.69) is 37.9 Å². The Morgan fingerprint density at radius 3 is 2.40 bits per heavy atom. The predicted octanol–water partition coefficient (Wildman–Crippen LogP) is 4.56. The van der Waals surface area contributed by atoms with Crippen LogP contribution in [0.15, 0.2) is 88.3 Å². The van der Waals surface area contributed by atoms with Crippen molar-refractivity contribution >= 4 is 29.0 Å². The normalized spacial score (nSPS) is 17.4. The number of fused-ring (bicyclic) bond motifs is 1. The lowest BCUT2D eigenvalue weighted by molar-refractivity contribution is -0.116. The number of carbonyl (C=O) groups is 1. The van der Waals surface area contributed by atoms with Crippen LogP contribution < -0.4 is 15.5 Å². The first-order valence-corrected chi connectivity index (χ1v) is 11.7. The lowest BCUT2D eigenvalue weighted by atomic mass is 10.0. The van der Waals surface area contributed by atoms with Crippen molar-refractivity contribution in [1.82, 2.24) is 10.2 Å². The molecule has 4 aromatic rings. The summed E-state index contributed by atoms with van der Waals surface area (Å²) in [5, 5.41) is 14.2.